The normalized spacial score (nSPS) is 12.1. The Morgan fingerprint density at radius 1 is 1.31 bits per heavy atom. The first kappa shape index (κ1) is 12.8. The van der Waals surface area contributed by atoms with Crippen molar-refractivity contribution >= 4 is 5.97 Å². The van der Waals surface area contributed by atoms with Crippen LogP contribution in [0.25, 0.3) is 0 Å². The van der Waals surface area contributed by atoms with Crippen LogP contribution < -0.4 is 0 Å². The molecule has 0 saturated carbocycles. The van der Waals surface area contributed by atoms with Crippen LogP contribution >= 0.6 is 0 Å². The Kier molecular flexibility index (Phi) is 5.62. The van der Waals surface area contributed by atoms with Gasteiger partial charge in [-0.2, -0.15) is 0 Å². The monoisotopic (exact) mass is 220 g/mol. The summed E-state index contributed by atoms with van der Waals surface area (Å²) in [6, 6.07) is 10.0. The molecule has 1 rings (SSSR count). The molecule has 0 radical (unpaired) electrons. The predicted molar refractivity (Wildman–Crippen MR) is 65.2 cm³/mol. The van der Waals surface area contributed by atoms with Gasteiger partial charge in [0, 0.05) is 6.42 Å². The molecule has 2 heteroatoms. The zero-order valence-electron chi connectivity index (χ0n) is 10.1. The quantitative estimate of drug-likeness (QED) is 0.688. The first-order valence-corrected chi connectivity index (χ1v) is 5.92. The van der Waals surface area contributed by atoms with E-state index in [1.54, 1.807) is 0 Å². The third kappa shape index (κ3) is 4.96. The van der Waals surface area contributed by atoms with Crippen molar-refractivity contribution in [1.82, 2.24) is 0 Å². The number of ether oxygens (including phenoxy) is 1. The van der Waals surface area contributed by atoms with E-state index in [0.29, 0.717) is 18.9 Å². The molecular weight excluding hydrogens is 200 g/mol. The van der Waals surface area contributed by atoms with Gasteiger partial charge in [0.25, 0.3) is 0 Å². The van der Waals surface area contributed by atoms with Gasteiger partial charge in [0.05, 0.1) is 6.61 Å². The molecular formula is C14H20O2. The number of esters is 1. The number of aryl methyl sites for hydroxylation is 1. The van der Waals surface area contributed by atoms with Crippen molar-refractivity contribution in [2.24, 2.45) is 5.92 Å². The highest BCUT2D eigenvalue weighted by Crippen LogP contribution is 2.05. The topological polar surface area (TPSA) is 26.3 Å². The highest BCUT2D eigenvalue weighted by molar-refractivity contribution is 5.69. The van der Waals surface area contributed by atoms with Gasteiger partial charge in [-0.05, 0) is 17.9 Å². The minimum absolute atomic E-state index is 0.0934. The number of carbonyl (C=O) groups is 1. The molecule has 16 heavy (non-hydrogen) atoms. The van der Waals surface area contributed by atoms with Crippen LogP contribution in [0.15, 0.2) is 30.3 Å². The third-order valence-corrected chi connectivity index (χ3v) is 2.69. The molecule has 0 aliphatic heterocycles. The molecule has 1 aromatic carbocycles. The number of benzene rings is 1. The molecule has 0 amide bonds. The molecule has 1 aromatic rings. The van der Waals surface area contributed by atoms with Crippen molar-refractivity contribution in [2.75, 3.05) is 6.61 Å². The number of rotatable bonds is 6. The maximum atomic E-state index is 11.4. The van der Waals surface area contributed by atoms with Crippen LogP contribution in [-0.2, 0) is 16.0 Å². The first-order valence-electron chi connectivity index (χ1n) is 5.92. The SMILES string of the molecule is CC[C@@H](C)COC(=O)CCc1ccccc1. The minimum atomic E-state index is -0.0934. The van der Waals surface area contributed by atoms with E-state index in [-0.39, 0.29) is 5.97 Å². The molecule has 0 aliphatic carbocycles. The Balaban J connectivity index is 2.20. The molecule has 0 aromatic heterocycles. The van der Waals surface area contributed by atoms with Gasteiger partial charge in [0.2, 0.25) is 0 Å². The average Bonchev–Trinajstić information content (AvgIpc) is 2.34. The fraction of sp³-hybridized carbons (Fsp3) is 0.500. The number of hydrogen-bond donors (Lipinski definition) is 0. The molecule has 0 spiro atoms. The fourth-order valence-electron chi connectivity index (χ4n) is 1.32. The van der Waals surface area contributed by atoms with Crippen molar-refractivity contribution in [3.05, 3.63) is 35.9 Å². The minimum Gasteiger partial charge on any atom is -0.465 e. The van der Waals surface area contributed by atoms with E-state index in [9.17, 15) is 4.79 Å². The summed E-state index contributed by atoms with van der Waals surface area (Å²) in [5, 5.41) is 0. The van der Waals surface area contributed by atoms with Crippen LogP contribution in [0, 0.1) is 5.92 Å². The zero-order chi connectivity index (χ0) is 11.8. The van der Waals surface area contributed by atoms with Crippen LogP contribution in [0.2, 0.25) is 0 Å². The highest BCUT2D eigenvalue weighted by Gasteiger charge is 2.06. The van der Waals surface area contributed by atoms with Gasteiger partial charge in [-0.15, -0.1) is 0 Å². The Morgan fingerprint density at radius 2 is 2.00 bits per heavy atom. The van der Waals surface area contributed by atoms with E-state index in [1.807, 2.05) is 30.3 Å². The smallest absolute Gasteiger partial charge is 0.306 e. The summed E-state index contributed by atoms with van der Waals surface area (Å²) in [5.41, 5.74) is 1.18. The molecule has 2 nitrogen and oxygen atoms in total. The molecule has 88 valence electrons. The summed E-state index contributed by atoms with van der Waals surface area (Å²) in [5.74, 6) is 0.366. The zero-order valence-corrected chi connectivity index (χ0v) is 10.1. The lowest BCUT2D eigenvalue weighted by molar-refractivity contribution is -0.144. The summed E-state index contributed by atoms with van der Waals surface area (Å²) in [4.78, 5) is 11.4. The molecule has 0 bridgehead atoms. The lowest BCUT2D eigenvalue weighted by Crippen LogP contribution is -2.11. The lowest BCUT2D eigenvalue weighted by Gasteiger charge is -2.09. The van der Waals surface area contributed by atoms with E-state index in [1.165, 1.54) is 5.56 Å². The van der Waals surface area contributed by atoms with Crippen LogP contribution in [0.5, 0.6) is 0 Å². The van der Waals surface area contributed by atoms with Crippen molar-refractivity contribution in [3.63, 3.8) is 0 Å². The molecule has 1 atom stereocenters. The van der Waals surface area contributed by atoms with Gasteiger partial charge in [-0.3, -0.25) is 4.79 Å². The second-order valence-electron chi connectivity index (χ2n) is 4.18. The van der Waals surface area contributed by atoms with E-state index in [0.717, 1.165) is 12.8 Å². The van der Waals surface area contributed by atoms with Gasteiger partial charge in [-0.1, -0.05) is 50.6 Å². The van der Waals surface area contributed by atoms with Crippen LogP contribution in [0.4, 0.5) is 0 Å². The lowest BCUT2D eigenvalue weighted by atomic mass is 10.1. The molecule has 0 unspecified atom stereocenters. The van der Waals surface area contributed by atoms with Crippen molar-refractivity contribution in [3.8, 4) is 0 Å². The van der Waals surface area contributed by atoms with Gasteiger partial charge >= 0.3 is 5.97 Å². The first-order chi connectivity index (χ1) is 7.72. The number of carbonyl (C=O) groups excluding carboxylic acids is 1. The van der Waals surface area contributed by atoms with Crippen LogP contribution in [-0.4, -0.2) is 12.6 Å². The van der Waals surface area contributed by atoms with Crippen molar-refractivity contribution < 1.29 is 9.53 Å². The van der Waals surface area contributed by atoms with E-state index in [2.05, 4.69) is 13.8 Å². The molecule has 0 fully saturated rings. The predicted octanol–water partition coefficient (Wildman–Crippen LogP) is 3.21. The fourth-order valence-corrected chi connectivity index (χ4v) is 1.32. The maximum absolute atomic E-state index is 11.4. The summed E-state index contributed by atoms with van der Waals surface area (Å²) in [7, 11) is 0. The summed E-state index contributed by atoms with van der Waals surface area (Å²) >= 11 is 0. The summed E-state index contributed by atoms with van der Waals surface area (Å²) in [6.07, 6.45) is 2.28. The van der Waals surface area contributed by atoms with Crippen LogP contribution in [0.3, 0.4) is 0 Å². The van der Waals surface area contributed by atoms with Crippen molar-refractivity contribution in [2.45, 2.75) is 33.1 Å². The highest BCUT2D eigenvalue weighted by atomic mass is 16.5. The second-order valence-corrected chi connectivity index (χ2v) is 4.18. The molecule has 0 N–H and O–H groups in total. The second kappa shape index (κ2) is 7.04. The van der Waals surface area contributed by atoms with Crippen LogP contribution in [0.1, 0.15) is 32.3 Å². The molecule has 0 heterocycles. The van der Waals surface area contributed by atoms with E-state index >= 15 is 0 Å². The third-order valence-electron chi connectivity index (χ3n) is 2.69. The molecule has 0 aliphatic rings. The Morgan fingerprint density at radius 3 is 2.62 bits per heavy atom. The Bertz CT molecular complexity index is 306. The van der Waals surface area contributed by atoms with Gasteiger partial charge in [-0.25, -0.2) is 0 Å². The average molecular weight is 220 g/mol. The number of hydrogen-bond acceptors (Lipinski definition) is 2. The summed E-state index contributed by atoms with van der Waals surface area (Å²) in [6.45, 7) is 4.73. The maximum Gasteiger partial charge on any atom is 0.306 e. The largest absolute Gasteiger partial charge is 0.465 e. The van der Waals surface area contributed by atoms with Gasteiger partial charge < -0.3 is 4.74 Å². The van der Waals surface area contributed by atoms with E-state index < -0.39 is 0 Å². The Hall–Kier alpha value is -1.31. The molecule has 0 saturated heterocycles. The van der Waals surface area contributed by atoms with Crippen molar-refractivity contribution in [1.29, 1.82) is 0 Å². The standard InChI is InChI=1S/C14H20O2/c1-3-12(2)11-16-14(15)10-9-13-7-5-4-6-8-13/h4-8,12H,3,9-11H2,1-2H3/t12-/m1/s1. The summed E-state index contributed by atoms with van der Waals surface area (Å²) < 4.78 is 5.18. The van der Waals surface area contributed by atoms with Gasteiger partial charge in [0.15, 0.2) is 0 Å². The van der Waals surface area contributed by atoms with Gasteiger partial charge in [0.1, 0.15) is 0 Å². The Labute approximate surface area is 97.6 Å². The van der Waals surface area contributed by atoms with E-state index in [4.69, 9.17) is 4.74 Å².